The summed E-state index contributed by atoms with van der Waals surface area (Å²) in [4.78, 5) is 0. The van der Waals surface area contributed by atoms with Gasteiger partial charge in [-0.3, -0.25) is 0 Å². The zero-order valence-electron chi connectivity index (χ0n) is 18.3. The summed E-state index contributed by atoms with van der Waals surface area (Å²) in [6.45, 7) is 11.2. The number of aliphatic hydroxyl groups is 2. The van der Waals surface area contributed by atoms with Crippen LogP contribution < -0.4 is 11.5 Å². The highest BCUT2D eigenvalue weighted by molar-refractivity contribution is 5.31. The third-order valence-corrected chi connectivity index (χ3v) is 5.19. The van der Waals surface area contributed by atoms with Gasteiger partial charge in [-0.15, -0.1) is 0 Å². The first-order valence-electron chi connectivity index (χ1n) is 10.2. The average molecular weight is 405 g/mol. The molecule has 164 valence electrons. The number of rotatable bonds is 5. The normalized spacial score (nSPS) is 21.4. The molecule has 0 aromatic heterocycles. The summed E-state index contributed by atoms with van der Waals surface area (Å²) < 4.78 is 5.22. The highest BCUT2D eigenvalue weighted by atomic mass is 16.5. The van der Waals surface area contributed by atoms with Gasteiger partial charge in [-0.25, -0.2) is 0 Å². The van der Waals surface area contributed by atoms with Gasteiger partial charge in [0.1, 0.15) is 5.76 Å². The molecule has 5 nitrogen and oxygen atoms in total. The summed E-state index contributed by atoms with van der Waals surface area (Å²) >= 11 is 0. The van der Waals surface area contributed by atoms with Crippen molar-refractivity contribution in [2.24, 2.45) is 22.8 Å². The molecule has 6 N–H and O–H groups in total. The molecule has 0 aromatic carbocycles. The Morgan fingerprint density at radius 1 is 1.34 bits per heavy atom. The fourth-order valence-electron chi connectivity index (χ4n) is 3.01. The molecular formula is C24H40N2O3. The molecule has 1 atom stereocenters. The number of hydrogen-bond donors (Lipinski definition) is 4. The molecule has 0 saturated carbocycles. The summed E-state index contributed by atoms with van der Waals surface area (Å²) in [6, 6.07) is 0. The van der Waals surface area contributed by atoms with Gasteiger partial charge in [0.15, 0.2) is 0 Å². The minimum absolute atomic E-state index is 0.111. The van der Waals surface area contributed by atoms with E-state index in [0.29, 0.717) is 12.4 Å². The Balaban J connectivity index is 0.000000514. The van der Waals surface area contributed by atoms with Gasteiger partial charge in [0.2, 0.25) is 0 Å². The molecule has 0 radical (unpaired) electrons. The van der Waals surface area contributed by atoms with Crippen molar-refractivity contribution in [2.45, 2.75) is 46.5 Å². The van der Waals surface area contributed by atoms with Gasteiger partial charge >= 0.3 is 0 Å². The lowest BCUT2D eigenvalue weighted by Crippen LogP contribution is -2.32. The van der Waals surface area contributed by atoms with Gasteiger partial charge in [0, 0.05) is 31.4 Å². The zero-order valence-corrected chi connectivity index (χ0v) is 18.3. The molecule has 5 heteroatoms. The van der Waals surface area contributed by atoms with Crippen LogP contribution in [0.4, 0.5) is 0 Å². The third-order valence-electron chi connectivity index (χ3n) is 5.19. The van der Waals surface area contributed by atoms with Gasteiger partial charge in [-0.05, 0) is 68.9 Å². The lowest BCUT2D eigenvalue weighted by atomic mass is 9.79. The SMILES string of the molecule is C=CN.CCC1(CO)CCOCC1.C\C=C/C=C\C(C)=C(\N)C1C=C(O)C=CC1. The largest absolute Gasteiger partial charge is 0.508 e. The monoisotopic (exact) mass is 404 g/mol. The number of allylic oxidation sites excluding steroid dienone is 8. The van der Waals surface area contributed by atoms with Gasteiger partial charge in [0.25, 0.3) is 0 Å². The van der Waals surface area contributed by atoms with E-state index in [2.05, 4.69) is 19.2 Å². The number of hydrogen-bond acceptors (Lipinski definition) is 5. The highest BCUT2D eigenvalue weighted by Crippen LogP contribution is 2.32. The number of ether oxygens (including phenoxy) is 1. The minimum atomic E-state index is 0.111. The van der Waals surface area contributed by atoms with Crippen LogP contribution >= 0.6 is 0 Å². The van der Waals surface area contributed by atoms with E-state index in [1.54, 1.807) is 12.2 Å². The van der Waals surface area contributed by atoms with Crippen molar-refractivity contribution in [1.29, 1.82) is 0 Å². The molecule has 1 aliphatic heterocycles. The summed E-state index contributed by atoms with van der Waals surface area (Å²) in [6.07, 6.45) is 18.5. The molecule has 1 heterocycles. The summed E-state index contributed by atoms with van der Waals surface area (Å²) in [5, 5.41) is 18.5. The van der Waals surface area contributed by atoms with Crippen LogP contribution in [0.3, 0.4) is 0 Å². The van der Waals surface area contributed by atoms with E-state index in [-0.39, 0.29) is 11.3 Å². The Morgan fingerprint density at radius 3 is 2.41 bits per heavy atom. The lowest BCUT2D eigenvalue weighted by molar-refractivity contribution is -0.0179. The van der Waals surface area contributed by atoms with Gasteiger partial charge in [-0.1, -0.05) is 43.9 Å². The topological polar surface area (TPSA) is 102 Å². The highest BCUT2D eigenvalue weighted by Gasteiger charge is 2.29. The molecule has 1 unspecified atom stereocenters. The predicted molar refractivity (Wildman–Crippen MR) is 123 cm³/mol. The van der Waals surface area contributed by atoms with Gasteiger partial charge in [-0.2, -0.15) is 0 Å². The molecule has 2 rings (SSSR count). The molecule has 2 aliphatic rings. The molecule has 0 aromatic rings. The first kappa shape index (κ1) is 26.8. The molecule has 1 aliphatic carbocycles. The second-order valence-electron chi connectivity index (χ2n) is 7.22. The van der Waals surface area contributed by atoms with Gasteiger partial charge < -0.3 is 26.4 Å². The Labute approximate surface area is 176 Å². The molecule has 0 bridgehead atoms. The number of aliphatic hydroxyl groups excluding tert-OH is 2. The summed E-state index contributed by atoms with van der Waals surface area (Å²) in [5.41, 5.74) is 12.7. The van der Waals surface area contributed by atoms with Crippen LogP contribution in [0.2, 0.25) is 0 Å². The summed E-state index contributed by atoms with van der Waals surface area (Å²) in [5.74, 6) is 0.407. The van der Waals surface area contributed by atoms with Gasteiger partial charge in [0.05, 0.1) is 0 Å². The van der Waals surface area contributed by atoms with Crippen molar-refractivity contribution in [1.82, 2.24) is 0 Å². The lowest BCUT2D eigenvalue weighted by Gasteiger charge is -2.34. The Hall–Kier alpha value is -2.24. The molecular weight excluding hydrogens is 364 g/mol. The van der Waals surface area contributed by atoms with Crippen LogP contribution in [0.5, 0.6) is 0 Å². The van der Waals surface area contributed by atoms with Crippen molar-refractivity contribution in [3.63, 3.8) is 0 Å². The second-order valence-corrected chi connectivity index (χ2v) is 7.22. The van der Waals surface area contributed by atoms with Crippen LogP contribution in [-0.4, -0.2) is 30.0 Å². The van der Waals surface area contributed by atoms with E-state index in [4.69, 9.17) is 15.6 Å². The van der Waals surface area contributed by atoms with Crippen LogP contribution in [0, 0.1) is 11.3 Å². The van der Waals surface area contributed by atoms with Crippen LogP contribution in [0.1, 0.15) is 46.5 Å². The maximum Gasteiger partial charge on any atom is 0.111 e. The Morgan fingerprint density at radius 2 is 1.97 bits per heavy atom. The van der Waals surface area contributed by atoms with E-state index in [1.807, 2.05) is 44.2 Å². The van der Waals surface area contributed by atoms with E-state index in [1.165, 1.54) is 6.20 Å². The second kappa shape index (κ2) is 15.7. The first-order chi connectivity index (χ1) is 13.9. The maximum absolute atomic E-state index is 9.39. The fraction of sp³-hybridized carbons (Fsp3) is 0.500. The van der Waals surface area contributed by atoms with E-state index >= 15 is 0 Å². The van der Waals surface area contributed by atoms with E-state index in [9.17, 15) is 5.11 Å². The first-order valence-corrected chi connectivity index (χ1v) is 10.2. The molecule has 29 heavy (non-hydrogen) atoms. The summed E-state index contributed by atoms with van der Waals surface area (Å²) in [7, 11) is 0. The van der Waals surface area contributed by atoms with Crippen LogP contribution in [0.15, 0.2) is 72.3 Å². The van der Waals surface area contributed by atoms with Crippen molar-refractivity contribution < 1.29 is 14.9 Å². The van der Waals surface area contributed by atoms with Crippen LogP contribution in [0.25, 0.3) is 0 Å². The number of nitrogens with two attached hydrogens (primary N) is 2. The predicted octanol–water partition coefficient (Wildman–Crippen LogP) is 4.64. The smallest absolute Gasteiger partial charge is 0.111 e. The molecule has 1 fully saturated rings. The standard InChI is InChI=1S/C14H19NO.C8H16O2.C2H5N/c1-3-4-5-7-11(2)14(15)12-8-6-9-13(16)10-12;1-2-8(7-9)3-5-10-6-4-8;1-2-3/h3-7,9-10,12,16H,8,15H2,1-2H3;9H,2-7H2,1H3;2H,1,3H2/b4-3-,7-5-,14-11+;;. The zero-order chi connectivity index (χ0) is 22.1. The van der Waals surface area contributed by atoms with Crippen molar-refractivity contribution in [3.05, 3.63) is 72.3 Å². The Bertz CT molecular complexity index is 604. The quantitative estimate of drug-likeness (QED) is 0.500. The van der Waals surface area contributed by atoms with Crippen molar-refractivity contribution in [2.75, 3.05) is 19.8 Å². The Kier molecular flexibility index (Phi) is 14.4. The molecule has 0 spiro atoms. The van der Waals surface area contributed by atoms with E-state index in [0.717, 1.165) is 50.2 Å². The molecule has 1 saturated heterocycles. The minimum Gasteiger partial charge on any atom is -0.508 e. The van der Waals surface area contributed by atoms with Crippen molar-refractivity contribution >= 4 is 0 Å². The van der Waals surface area contributed by atoms with E-state index < -0.39 is 0 Å². The van der Waals surface area contributed by atoms with Crippen molar-refractivity contribution in [3.8, 4) is 0 Å². The fourth-order valence-corrected chi connectivity index (χ4v) is 3.01. The average Bonchev–Trinajstić information content (AvgIpc) is 2.75. The molecule has 0 amide bonds. The third kappa shape index (κ3) is 10.8. The van der Waals surface area contributed by atoms with Crippen LogP contribution in [-0.2, 0) is 4.74 Å². The maximum atomic E-state index is 9.39.